The van der Waals surface area contributed by atoms with Crippen LogP contribution < -0.4 is 16.4 Å². The summed E-state index contributed by atoms with van der Waals surface area (Å²) in [5.74, 6) is -1.25. The van der Waals surface area contributed by atoms with E-state index >= 15 is 0 Å². The number of nitrogens with one attached hydrogen (secondary N) is 2. The molecule has 2 aromatic heterocycles. The fourth-order valence-corrected chi connectivity index (χ4v) is 9.26. The number of phosphoric ester groups is 3. The molecule has 0 saturated carbocycles. The number of aliphatic hydroxyl groups is 3. The number of aliphatic hydroxyl groups excluding tert-OH is 3. The summed E-state index contributed by atoms with van der Waals surface area (Å²) in [4.78, 5) is 88.0. The highest BCUT2D eigenvalue weighted by Gasteiger charge is 2.50. The van der Waals surface area contributed by atoms with Crippen LogP contribution in [0.15, 0.2) is 24.8 Å². The largest absolute Gasteiger partial charge is 0.481 e. The number of ether oxygens (including phenoxy) is 1. The van der Waals surface area contributed by atoms with Gasteiger partial charge in [-0.3, -0.25) is 32.5 Å². The molecule has 25 nitrogen and oxygen atoms in total. The molecule has 1 aliphatic heterocycles. The van der Waals surface area contributed by atoms with Crippen molar-refractivity contribution in [1.29, 1.82) is 0 Å². The first-order chi connectivity index (χ1) is 28.9. The zero-order valence-corrected chi connectivity index (χ0v) is 37.7. The molecule has 2 amide bonds. The molecule has 0 aliphatic carbocycles. The summed E-state index contributed by atoms with van der Waals surface area (Å²) < 4.78 is 62.2. The van der Waals surface area contributed by atoms with Crippen LogP contribution >= 0.6 is 35.2 Å². The molecule has 1 saturated heterocycles. The maximum absolute atomic E-state index is 12.7. The van der Waals surface area contributed by atoms with E-state index in [0.29, 0.717) is 12.8 Å². The van der Waals surface area contributed by atoms with Gasteiger partial charge in [-0.05, 0) is 25.7 Å². The second-order valence-electron chi connectivity index (χ2n) is 14.7. The molecule has 0 bridgehead atoms. The predicted molar refractivity (Wildman–Crippen MR) is 220 cm³/mol. The molecule has 1 aliphatic rings. The summed E-state index contributed by atoms with van der Waals surface area (Å²) in [7, 11) is -16.4. The van der Waals surface area contributed by atoms with Gasteiger partial charge >= 0.3 is 23.5 Å². The van der Waals surface area contributed by atoms with Gasteiger partial charge in [0, 0.05) is 37.1 Å². The zero-order chi connectivity index (χ0) is 46.3. The number of hydrogen-bond acceptors (Lipinski definition) is 19. The van der Waals surface area contributed by atoms with Gasteiger partial charge < -0.3 is 56.0 Å². The van der Waals surface area contributed by atoms with Crippen molar-refractivity contribution in [3.63, 3.8) is 0 Å². The van der Waals surface area contributed by atoms with E-state index < -0.39 is 90.7 Å². The molecule has 29 heteroatoms. The lowest BCUT2D eigenvalue weighted by molar-refractivity contribution is -0.137. The van der Waals surface area contributed by atoms with E-state index in [0.717, 1.165) is 48.2 Å². The lowest BCUT2D eigenvalue weighted by Crippen LogP contribution is -2.46. The number of fused-ring (bicyclic) bond motifs is 1. The minimum Gasteiger partial charge on any atom is -0.393 e. The minimum absolute atomic E-state index is 0.00975. The van der Waals surface area contributed by atoms with Crippen LogP contribution in [0.4, 0.5) is 5.82 Å². The summed E-state index contributed by atoms with van der Waals surface area (Å²) in [6.45, 7) is 2.50. The monoisotopic (exact) mass is 963 g/mol. The highest BCUT2D eigenvalue weighted by Crippen LogP contribution is 2.61. The fourth-order valence-electron chi connectivity index (χ4n) is 5.68. The van der Waals surface area contributed by atoms with Crippen molar-refractivity contribution < 1.29 is 85.6 Å². The van der Waals surface area contributed by atoms with Gasteiger partial charge in [-0.1, -0.05) is 57.5 Å². The van der Waals surface area contributed by atoms with Crippen LogP contribution in [0.1, 0.15) is 78.4 Å². The van der Waals surface area contributed by atoms with Crippen molar-refractivity contribution in [3.8, 4) is 0 Å². The van der Waals surface area contributed by atoms with Crippen LogP contribution in [0.3, 0.4) is 0 Å². The van der Waals surface area contributed by atoms with Gasteiger partial charge in [-0.25, -0.2) is 28.6 Å². The molecule has 8 unspecified atom stereocenters. The van der Waals surface area contributed by atoms with Crippen LogP contribution in [-0.4, -0.2) is 134 Å². The van der Waals surface area contributed by atoms with E-state index in [1.165, 1.54) is 20.3 Å². The Hall–Kier alpha value is -2.74. The number of nitrogens with two attached hydrogens (primary N) is 1. The summed E-state index contributed by atoms with van der Waals surface area (Å²) in [6.07, 6.45) is 1.89. The van der Waals surface area contributed by atoms with Gasteiger partial charge in [-0.15, -0.1) is 0 Å². The van der Waals surface area contributed by atoms with Crippen LogP contribution in [0.2, 0.25) is 0 Å². The molecule has 3 rings (SSSR count). The van der Waals surface area contributed by atoms with Gasteiger partial charge in [0.1, 0.15) is 36.3 Å². The summed E-state index contributed by atoms with van der Waals surface area (Å²) in [6, 6.07) is 0. The highest BCUT2D eigenvalue weighted by molar-refractivity contribution is 8.13. The lowest BCUT2D eigenvalue weighted by atomic mass is 9.87. The van der Waals surface area contributed by atoms with Gasteiger partial charge in [0.05, 0.1) is 25.6 Å². The number of hydrogen-bond donors (Lipinski definition) is 10. The molecular formula is C33H56N7O18P3S. The zero-order valence-electron chi connectivity index (χ0n) is 34.2. The van der Waals surface area contributed by atoms with E-state index in [9.17, 15) is 63.0 Å². The molecule has 0 spiro atoms. The number of phosphoric acid groups is 3. The Kier molecular flexibility index (Phi) is 21.2. The number of unbranched alkanes of at least 4 members (excludes halogenated alkanes) is 3. The second-order valence-corrected chi connectivity index (χ2v) is 20.1. The van der Waals surface area contributed by atoms with E-state index in [-0.39, 0.29) is 53.8 Å². The Balaban J connectivity index is 1.40. The van der Waals surface area contributed by atoms with Crippen LogP contribution in [-0.2, 0) is 50.7 Å². The third-order valence-corrected chi connectivity index (χ3v) is 13.0. The van der Waals surface area contributed by atoms with Crippen molar-refractivity contribution in [2.75, 3.05) is 37.8 Å². The van der Waals surface area contributed by atoms with Crippen molar-refractivity contribution in [2.45, 2.75) is 109 Å². The van der Waals surface area contributed by atoms with Crippen LogP contribution in [0.25, 0.3) is 11.2 Å². The van der Waals surface area contributed by atoms with Gasteiger partial charge in [0.2, 0.25) is 11.8 Å². The fraction of sp³-hybridized carbons (Fsp3) is 0.697. The Morgan fingerprint density at radius 2 is 1.71 bits per heavy atom. The lowest BCUT2D eigenvalue weighted by Gasteiger charge is -2.30. The number of carbonyl (C=O) groups excluding carboxylic acids is 3. The Morgan fingerprint density at radius 1 is 1.02 bits per heavy atom. The second kappa shape index (κ2) is 24.5. The number of rotatable bonds is 28. The maximum atomic E-state index is 12.7. The van der Waals surface area contributed by atoms with Crippen LogP contribution in [0.5, 0.6) is 0 Å². The molecule has 11 N–H and O–H groups in total. The number of amides is 2. The minimum atomic E-state index is -5.58. The number of aromatic nitrogens is 4. The van der Waals surface area contributed by atoms with E-state index in [4.69, 9.17) is 19.5 Å². The normalized spacial score (nSPS) is 21.4. The molecule has 0 aromatic carbocycles. The molecule has 352 valence electrons. The molecule has 2 aromatic rings. The first-order valence-corrected chi connectivity index (χ1v) is 24.8. The summed E-state index contributed by atoms with van der Waals surface area (Å²) >= 11 is 0.973. The molecule has 62 heavy (non-hydrogen) atoms. The van der Waals surface area contributed by atoms with Crippen molar-refractivity contribution >= 4 is 69.1 Å². The first-order valence-electron chi connectivity index (χ1n) is 19.3. The Morgan fingerprint density at radius 3 is 2.40 bits per heavy atom. The maximum Gasteiger partial charge on any atom is 0.481 e. The Labute approximate surface area is 361 Å². The molecule has 0 radical (unpaired) electrons. The molecule has 1 fully saturated rings. The van der Waals surface area contributed by atoms with Crippen molar-refractivity contribution in [3.05, 3.63) is 24.8 Å². The number of anilines is 1. The third kappa shape index (κ3) is 18.0. The standard InChI is InChI=1S/C33H56N7O18P3S/c1-4-5-6-7-8-9-10-11-21(41)16-24(43)62-15-14-35-23(42)12-13-36-31(46)28(45)33(2,3)18-55-61(52,53)58-60(50,51)54-17-22-27(57-59(47,48)49)26(44)32(56-22)40-20-39-25-29(34)37-19-38-30(25)40/h8-9,19-22,26-28,32,41,44-45H,4-7,10-18H2,1-3H3,(H,35,42)(H,36,46)(H,50,51)(H,52,53)(H2,34,37,38)(H2,47,48,49). The number of thioether (sulfide) groups is 1. The predicted octanol–water partition coefficient (Wildman–Crippen LogP) is 1.33. The van der Waals surface area contributed by atoms with Crippen LogP contribution in [0, 0.1) is 5.41 Å². The first kappa shape index (κ1) is 53.6. The van der Waals surface area contributed by atoms with Gasteiger partial charge in [0.15, 0.2) is 22.8 Å². The van der Waals surface area contributed by atoms with Crippen molar-refractivity contribution in [1.82, 2.24) is 30.2 Å². The van der Waals surface area contributed by atoms with Gasteiger partial charge in [-0.2, -0.15) is 4.31 Å². The average Bonchev–Trinajstić information content (AvgIpc) is 3.74. The van der Waals surface area contributed by atoms with E-state index in [2.05, 4.69) is 47.4 Å². The average molecular weight is 964 g/mol. The topological polar surface area (TPSA) is 384 Å². The number of allylic oxidation sites excluding steroid dienone is 2. The number of imidazole rings is 1. The Bertz CT molecular complexity index is 1970. The molecular weight excluding hydrogens is 907 g/mol. The summed E-state index contributed by atoms with van der Waals surface area (Å²) in [5.41, 5.74) is 4.24. The van der Waals surface area contributed by atoms with Gasteiger partial charge in [0.25, 0.3) is 0 Å². The third-order valence-electron chi connectivity index (χ3n) is 8.97. The van der Waals surface area contributed by atoms with Crippen molar-refractivity contribution in [2.24, 2.45) is 5.41 Å². The number of carbonyl (C=O) groups is 3. The quantitative estimate of drug-likeness (QED) is 0.0327. The molecule has 3 heterocycles. The number of nitrogen functional groups attached to an aromatic ring is 1. The number of nitrogens with zero attached hydrogens (tertiary/aromatic N) is 4. The summed E-state index contributed by atoms with van der Waals surface area (Å²) in [5, 5.41) is 36.3. The SMILES string of the molecule is CCCCCC=CCCC(O)CC(=O)SCCNC(=O)CCNC(=O)C(O)C(C)(C)COP(=O)(O)OP(=O)(O)OCC1OC(n2cnc3c(N)ncnc32)C(O)C1OP(=O)(O)O. The molecule has 8 atom stereocenters. The van der Waals surface area contributed by atoms with E-state index in [1.807, 2.05) is 6.08 Å². The highest BCUT2D eigenvalue weighted by atomic mass is 32.2. The smallest absolute Gasteiger partial charge is 0.393 e. The van der Waals surface area contributed by atoms with E-state index in [1.54, 1.807) is 0 Å².